The average molecular weight is 281 g/mol. The van der Waals surface area contributed by atoms with Gasteiger partial charge in [-0.05, 0) is 0 Å². The quantitative estimate of drug-likeness (QED) is 0.506. The van der Waals surface area contributed by atoms with E-state index in [9.17, 15) is 0 Å². The van der Waals surface area contributed by atoms with Crippen molar-refractivity contribution in [2.45, 2.75) is 41.5 Å². The van der Waals surface area contributed by atoms with Crippen molar-refractivity contribution in [1.29, 1.82) is 0 Å². The molecule has 0 aromatic rings. The van der Waals surface area contributed by atoms with Gasteiger partial charge in [0.2, 0.25) is 0 Å². The first-order chi connectivity index (χ1) is 6.55. The number of thiocarbonyl (C=S) groups is 2. The molecule has 0 rings (SSSR count). The number of rotatable bonds is 2. The van der Waals surface area contributed by atoms with Crippen molar-refractivity contribution in [3.63, 3.8) is 0 Å². The summed E-state index contributed by atoms with van der Waals surface area (Å²) in [7, 11) is 0. The van der Waals surface area contributed by atoms with Crippen molar-refractivity contribution in [2.24, 2.45) is 10.8 Å². The molecule has 0 unspecified atom stereocenters. The first kappa shape index (κ1) is 15.9. The molecule has 0 saturated heterocycles. The maximum atomic E-state index is 5.34. The Kier molecular flexibility index (Phi) is 6.34. The fourth-order valence-corrected chi connectivity index (χ4v) is 3.39. The van der Waals surface area contributed by atoms with E-state index in [0.29, 0.717) is 0 Å². The van der Waals surface area contributed by atoms with E-state index in [1.54, 1.807) is 23.5 Å². The summed E-state index contributed by atoms with van der Waals surface area (Å²) in [5.41, 5.74) is 0.230. The predicted molar refractivity (Wildman–Crippen MR) is 84.2 cm³/mol. The van der Waals surface area contributed by atoms with Crippen LogP contribution in [0.3, 0.4) is 0 Å². The van der Waals surface area contributed by atoms with Crippen LogP contribution in [-0.2, 0) is 0 Å². The zero-order chi connectivity index (χ0) is 12.3. The minimum atomic E-state index is 0.115. The van der Waals surface area contributed by atoms with Gasteiger partial charge in [0.1, 0.15) is 0 Å². The lowest BCUT2D eigenvalue weighted by molar-refractivity contribution is 0.610. The SMILES string of the molecule is CC(C)(C)C(=S)SCSC(=S)C(C)(C)C. The van der Waals surface area contributed by atoms with Crippen molar-refractivity contribution >= 4 is 56.4 Å². The van der Waals surface area contributed by atoms with Gasteiger partial charge < -0.3 is 0 Å². The van der Waals surface area contributed by atoms with Crippen LogP contribution in [-0.4, -0.2) is 13.5 Å². The van der Waals surface area contributed by atoms with Gasteiger partial charge in [-0.2, -0.15) is 0 Å². The average Bonchev–Trinajstić information content (AvgIpc) is 2.00. The van der Waals surface area contributed by atoms with Crippen LogP contribution in [0.2, 0.25) is 0 Å². The summed E-state index contributed by atoms with van der Waals surface area (Å²) in [6.07, 6.45) is 0. The Hall–Kier alpha value is 0.880. The molecule has 0 heterocycles. The number of thioether (sulfide) groups is 2. The van der Waals surface area contributed by atoms with Gasteiger partial charge in [0.05, 0.1) is 8.39 Å². The predicted octanol–water partition coefficient (Wildman–Crippen LogP) is 5.16. The van der Waals surface area contributed by atoms with Gasteiger partial charge in [-0.3, -0.25) is 0 Å². The van der Waals surface area contributed by atoms with Crippen LogP contribution in [0.5, 0.6) is 0 Å². The molecule has 0 bridgehead atoms. The van der Waals surface area contributed by atoms with E-state index in [0.717, 1.165) is 13.5 Å². The molecule has 88 valence electrons. The van der Waals surface area contributed by atoms with Gasteiger partial charge in [-0.1, -0.05) is 66.0 Å². The molecular weight excluding hydrogens is 260 g/mol. The summed E-state index contributed by atoms with van der Waals surface area (Å²) < 4.78 is 2.12. The molecule has 0 fully saturated rings. The van der Waals surface area contributed by atoms with Crippen LogP contribution in [0, 0.1) is 10.8 Å². The molecule has 0 spiro atoms. The van der Waals surface area contributed by atoms with E-state index >= 15 is 0 Å². The molecule has 0 radical (unpaired) electrons. The molecule has 0 aliphatic carbocycles. The Bertz CT molecular complexity index is 216. The first-order valence-corrected chi connectivity index (χ1v) is 7.68. The third-order valence-corrected chi connectivity index (χ3v) is 6.23. The van der Waals surface area contributed by atoms with E-state index in [1.165, 1.54) is 0 Å². The van der Waals surface area contributed by atoms with Crippen LogP contribution < -0.4 is 0 Å². The molecule has 0 aromatic heterocycles. The monoisotopic (exact) mass is 280 g/mol. The van der Waals surface area contributed by atoms with E-state index in [4.69, 9.17) is 24.4 Å². The highest BCUT2D eigenvalue weighted by atomic mass is 32.2. The maximum Gasteiger partial charge on any atom is 0.0540 e. The normalized spacial score (nSPS) is 12.7. The van der Waals surface area contributed by atoms with Gasteiger partial charge in [-0.25, -0.2) is 0 Å². The summed E-state index contributed by atoms with van der Waals surface area (Å²) in [4.78, 5) is 0. The third-order valence-electron chi connectivity index (χ3n) is 1.60. The summed E-state index contributed by atoms with van der Waals surface area (Å²) in [6, 6.07) is 0. The largest absolute Gasteiger partial charge is 0.107 e. The van der Waals surface area contributed by atoms with Crippen LogP contribution in [0.25, 0.3) is 0 Å². The van der Waals surface area contributed by atoms with Crippen molar-refractivity contribution in [3.05, 3.63) is 0 Å². The van der Waals surface area contributed by atoms with Gasteiger partial charge in [0.25, 0.3) is 0 Å². The van der Waals surface area contributed by atoms with Gasteiger partial charge in [0.15, 0.2) is 0 Å². The molecule has 0 saturated carbocycles. The van der Waals surface area contributed by atoms with Gasteiger partial charge in [-0.15, -0.1) is 23.5 Å². The summed E-state index contributed by atoms with van der Waals surface area (Å²) in [6.45, 7) is 12.9. The zero-order valence-electron chi connectivity index (χ0n) is 10.3. The second-order valence-electron chi connectivity index (χ2n) is 5.48. The Morgan fingerprint density at radius 3 is 1.27 bits per heavy atom. The second-order valence-corrected chi connectivity index (χ2v) is 9.15. The lowest BCUT2D eigenvalue weighted by Gasteiger charge is -2.21. The Morgan fingerprint density at radius 1 is 0.800 bits per heavy atom. The molecule has 4 heteroatoms. The Morgan fingerprint density at radius 2 is 1.07 bits per heavy atom. The lowest BCUT2D eigenvalue weighted by atomic mass is 10.0. The van der Waals surface area contributed by atoms with Crippen LogP contribution in [0.4, 0.5) is 0 Å². The molecule has 0 amide bonds. The molecule has 0 nitrogen and oxygen atoms in total. The molecule has 0 atom stereocenters. The van der Waals surface area contributed by atoms with E-state index in [-0.39, 0.29) is 10.8 Å². The maximum absolute atomic E-state index is 5.34. The zero-order valence-corrected chi connectivity index (χ0v) is 13.6. The summed E-state index contributed by atoms with van der Waals surface area (Å²) >= 11 is 14.2. The summed E-state index contributed by atoms with van der Waals surface area (Å²) in [5.74, 6) is 0. The van der Waals surface area contributed by atoms with E-state index < -0.39 is 0 Å². The standard InChI is InChI=1S/C11H20S4/c1-10(2,3)8(12)14-7-15-9(13)11(4,5)6/h7H2,1-6H3. The molecule has 0 aliphatic rings. The smallest absolute Gasteiger partial charge is 0.0540 e. The number of hydrogen-bond donors (Lipinski definition) is 0. The van der Waals surface area contributed by atoms with Crippen molar-refractivity contribution in [3.8, 4) is 0 Å². The highest BCUT2D eigenvalue weighted by Crippen LogP contribution is 2.31. The van der Waals surface area contributed by atoms with Gasteiger partial charge >= 0.3 is 0 Å². The molecule has 15 heavy (non-hydrogen) atoms. The molecule has 0 aromatic carbocycles. The minimum Gasteiger partial charge on any atom is -0.107 e. The summed E-state index contributed by atoms with van der Waals surface area (Å²) in [5, 5.41) is 0.937. The van der Waals surface area contributed by atoms with Crippen LogP contribution >= 0.6 is 48.0 Å². The first-order valence-electron chi connectivity index (χ1n) is 4.89. The fraction of sp³-hybridized carbons (Fsp3) is 0.818. The van der Waals surface area contributed by atoms with Gasteiger partial charge in [0, 0.05) is 15.9 Å². The van der Waals surface area contributed by atoms with Crippen molar-refractivity contribution < 1.29 is 0 Å². The fourth-order valence-electron chi connectivity index (χ4n) is 0.570. The third kappa shape index (κ3) is 6.93. The highest BCUT2D eigenvalue weighted by Gasteiger charge is 2.20. The molecule has 0 N–H and O–H groups in total. The highest BCUT2D eigenvalue weighted by molar-refractivity contribution is 8.35. The van der Waals surface area contributed by atoms with Crippen LogP contribution in [0.15, 0.2) is 0 Å². The second kappa shape index (κ2) is 5.99. The molecule has 0 aliphatic heterocycles. The lowest BCUT2D eigenvalue weighted by Crippen LogP contribution is -2.16. The Labute approximate surface area is 113 Å². The Balaban J connectivity index is 3.92. The number of hydrogen-bond acceptors (Lipinski definition) is 4. The van der Waals surface area contributed by atoms with E-state index in [1.807, 2.05) is 0 Å². The van der Waals surface area contributed by atoms with Crippen molar-refractivity contribution in [2.75, 3.05) is 5.08 Å². The van der Waals surface area contributed by atoms with Crippen molar-refractivity contribution in [1.82, 2.24) is 0 Å². The van der Waals surface area contributed by atoms with E-state index in [2.05, 4.69) is 41.5 Å². The van der Waals surface area contributed by atoms with Crippen LogP contribution in [0.1, 0.15) is 41.5 Å². The minimum absolute atomic E-state index is 0.115. The topological polar surface area (TPSA) is 0 Å². The molecular formula is C11H20S4.